The number of hydrogen-bond acceptors (Lipinski definition) is 12. The second-order valence-corrected chi connectivity index (χ2v) is 19.2. The van der Waals surface area contributed by atoms with Crippen LogP contribution in [0.15, 0.2) is 71.7 Å². The van der Waals surface area contributed by atoms with Crippen LogP contribution in [-0.2, 0) is 45.2 Å². The average molecular weight is 965 g/mol. The molecule has 10 rings (SSSR count). The summed E-state index contributed by atoms with van der Waals surface area (Å²) in [5, 5.41) is 31.5. The molecule has 6 aromatic rings. The maximum absolute atomic E-state index is 14.0. The lowest BCUT2D eigenvalue weighted by molar-refractivity contribution is -0.159. The van der Waals surface area contributed by atoms with E-state index >= 15 is 0 Å². The van der Waals surface area contributed by atoms with E-state index in [0.29, 0.717) is 96.4 Å². The van der Waals surface area contributed by atoms with Gasteiger partial charge >= 0.3 is 18.1 Å². The molecule has 4 amide bonds. The van der Waals surface area contributed by atoms with E-state index in [1.807, 2.05) is 50.1 Å². The van der Waals surface area contributed by atoms with Gasteiger partial charge in [-0.15, -0.1) is 0 Å². The number of fused-ring (bicyclic) bond motifs is 6. The quantitative estimate of drug-likeness (QED) is 0.0598. The number of aromatic hydroxyl groups is 2. The number of amidine groups is 1. The van der Waals surface area contributed by atoms with Gasteiger partial charge in [0.1, 0.15) is 35.7 Å². The predicted molar refractivity (Wildman–Crippen MR) is 264 cm³/mol. The number of ether oxygens (including phenoxy) is 3. The number of nitrogens with two attached hydrogens (primary N) is 1. The highest BCUT2D eigenvalue weighted by molar-refractivity contribution is 6.22. The molecule has 0 aliphatic carbocycles. The van der Waals surface area contributed by atoms with Gasteiger partial charge < -0.3 is 44.2 Å². The summed E-state index contributed by atoms with van der Waals surface area (Å²) in [5.74, 6) is -0.758. The number of urea groups is 1. The second-order valence-electron chi connectivity index (χ2n) is 19.2. The Bertz CT molecular complexity index is 3260. The Morgan fingerprint density at radius 3 is 2.49 bits per heavy atom. The molecule has 2 fully saturated rings. The van der Waals surface area contributed by atoms with E-state index in [0.717, 1.165) is 58.1 Å². The zero-order chi connectivity index (χ0) is 50.0. The third kappa shape index (κ3) is 8.28. The molecule has 0 spiro atoms. The Kier molecular flexibility index (Phi) is 12.3. The molecule has 368 valence electrons. The van der Waals surface area contributed by atoms with Crippen molar-refractivity contribution in [2.24, 2.45) is 11.7 Å². The number of esters is 1. The highest BCUT2D eigenvalue weighted by Crippen LogP contribution is 2.40. The fraction of sp³-hybridized carbons (Fsp3) is 0.377. The first-order chi connectivity index (χ1) is 34.1. The van der Waals surface area contributed by atoms with Crippen molar-refractivity contribution in [3.05, 3.63) is 111 Å². The molecule has 0 saturated carbocycles. The highest BCUT2D eigenvalue weighted by atomic mass is 16.6. The number of methoxy groups -OCH3 is 1. The number of carbonyl (C=O) groups excluding carboxylic acids is 4. The molecule has 0 radical (unpaired) electrons. The first-order valence-electron chi connectivity index (χ1n) is 24.2. The lowest BCUT2D eigenvalue weighted by Crippen LogP contribution is -2.50. The number of phenols is 2. The number of cyclic esters (lactones) is 1. The van der Waals surface area contributed by atoms with Gasteiger partial charge in [-0.2, -0.15) is 0 Å². The molecular formula is C53H56N8O10. The molecular weight excluding hydrogens is 909 g/mol. The van der Waals surface area contributed by atoms with Crippen molar-refractivity contribution in [2.45, 2.75) is 97.1 Å². The predicted octanol–water partition coefficient (Wildman–Crippen LogP) is 7.42. The molecule has 4 aliphatic rings. The Morgan fingerprint density at radius 2 is 1.76 bits per heavy atom. The number of rotatable bonds is 10. The third-order valence-electron chi connectivity index (χ3n) is 14.8. The first-order valence-corrected chi connectivity index (χ1v) is 24.2. The monoisotopic (exact) mass is 964 g/mol. The van der Waals surface area contributed by atoms with Crippen LogP contribution in [0.25, 0.3) is 33.2 Å². The lowest BCUT2D eigenvalue weighted by atomic mass is 9.93. The van der Waals surface area contributed by atoms with E-state index in [9.17, 15) is 34.2 Å². The van der Waals surface area contributed by atoms with Crippen LogP contribution >= 0.6 is 0 Å². The SMILES string of the molecule is CCc1c2c(nc3ccc(OC(=O)N4CCCC4C(=O)N4CCC(CCn5ccc6cc(N(C(=N)c7cc(C(C)C)c(O)cc7O)C(N)=O)ccc65)CC4)cc13)-c1cc3c(c(=O)n1C2)COC(=O)C3OC. The summed E-state index contributed by atoms with van der Waals surface area (Å²) in [5.41, 5.74) is 12.1. The number of aromatic nitrogens is 3. The Hall–Kier alpha value is -7.73. The van der Waals surface area contributed by atoms with Gasteiger partial charge in [-0.25, -0.2) is 24.3 Å². The summed E-state index contributed by atoms with van der Waals surface area (Å²) in [6.07, 6.45) is 4.79. The first kappa shape index (κ1) is 47.0. The third-order valence-corrected chi connectivity index (χ3v) is 14.8. The van der Waals surface area contributed by atoms with Gasteiger partial charge in [-0.1, -0.05) is 20.8 Å². The summed E-state index contributed by atoms with van der Waals surface area (Å²) in [6.45, 7) is 8.26. The van der Waals surface area contributed by atoms with Crippen LogP contribution in [0.3, 0.4) is 0 Å². The normalized spacial score (nSPS) is 17.6. The maximum Gasteiger partial charge on any atom is 0.415 e. The average Bonchev–Trinajstić information content (AvgIpc) is 4.10. The van der Waals surface area contributed by atoms with Crippen molar-refractivity contribution >= 4 is 57.3 Å². The van der Waals surface area contributed by atoms with Crippen LogP contribution < -0.4 is 20.9 Å². The molecule has 2 atom stereocenters. The lowest BCUT2D eigenvalue weighted by Gasteiger charge is -2.35. The number of phenolic OH excluding ortho intramolecular Hbond substituents is 2. The number of benzene rings is 3. The van der Waals surface area contributed by atoms with E-state index < -0.39 is 30.2 Å². The van der Waals surface area contributed by atoms with E-state index in [4.69, 9.17) is 30.3 Å². The summed E-state index contributed by atoms with van der Waals surface area (Å²) in [7, 11) is 1.41. The van der Waals surface area contributed by atoms with Crippen LogP contribution in [0.1, 0.15) is 98.3 Å². The molecule has 3 aromatic heterocycles. The number of anilines is 1. The van der Waals surface area contributed by atoms with E-state index in [1.54, 1.807) is 39.8 Å². The minimum Gasteiger partial charge on any atom is -0.508 e. The topological polar surface area (TPSA) is 236 Å². The number of nitrogens with zero attached hydrogens (tertiary/aromatic N) is 6. The summed E-state index contributed by atoms with van der Waals surface area (Å²) < 4.78 is 20.5. The molecule has 3 aromatic carbocycles. The summed E-state index contributed by atoms with van der Waals surface area (Å²) in [6, 6.07) is 15.6. The van der Waals surface area contributed by atoms with Gasteiger partial charge in [0.25, 0.3) is 5.56 Å². The number of hydrogen-bond donors (Lipinski definition) is 4. The Balaban J connectivity index is 0.764. The van der Waals surface area contributed by atoms with Gasteiger partial charge in [0.05, 0.1) is 40.3 Å². The van der Waals surface area contributed by atoms with Crippen LogP contribution in [0.2, 0.25) is 0 Å². The number of pyridine rings is 2. The summed E-state index contributed by atoms with van der Waals surface area (Å²) >= 11 is 0. The van der Waals surface area contributed by atoms with Crippen LogP contribution in [0.4, 0.5) is 15.3 Å². The van der Waals surface area contributed by atoms with Crippen molar-refractivity contribution in [1.29, 1.82) is 5.41 Å². The second kappa shape index (κ2) is 18.5. The van der Waals surface area contributed by atoms with Crippen molar-refractivity contribution in [1.82, 2.24) is 23.9 Å². The number of carbonyl (C=O) groups is 4. The van der Waals surface area contributed by atoms with Gasteiger partial charge in [0.15, 0.2) is 6.10 Å². The van der Waals surface area contributed by atoms with Crippen molar-refractivity contribution < 1.29 is 43.6 Å². The zero-order valence-electron chi connectivity index (χ0n) is 40.1. The number of piperidine rings is 1. The fourth-order valence-corrected chi connectivity index (χ4v) is 11.0. The van der Waals surface area contributed by atoms with Gasteiger partial charge in [0.2, 0.25) is 5.91 Å². The fourth-order valence-electron chi connectivity index (χ4n) is 11.0. The minimum atomic E-state index is -0.997. The van der Waals surface area contributed by atoms with Crippen LogP contribution in [-0.4, -0.2) is 96.8 Å². The molecule has 2 saturated heterocycles. The highest BCUT2D eigenvalue weighted by Gasteiger charge is 2.40. The van der Waals surface area contributed by atoms with Crippen LogP contribution in [0, 0.1) is 11.3 Å². The summed E-state index contributed by atoms with van der Waals surface area (Å²) in [4.78, 5) is 76.2. The number of amides is 4. The van der Waals surface area contributed by atoms with Gasteiger partial charge in [-0.3, -0.25) is 19.9 Å². The van der Waals surface area contributed by atoms with E-state index in [1.165, 1.54) is 19.2 Å². The number of nitrogens with one attached hydrogen (secondary N) is 1. The maximum atomic E-state index is 14.0. The van der Waals surface area contributed by atoms with E-state index in [2.05, 4.69) is 4.57 Å². The molecule has 18 nitrogen and oxygen atoms in total. The smallest absolute Gasteiger partial charge is 0.415 e. The molecule has 18 heteroatoms. The van der Waals surface area contributed by atoms with E-state index in [-0.39, 0.29) is 46.9 Å². The zero-order valence-corrected chi connectivity index (χ0v) is 40.1. The van der Waals surface area contributed by atoms with Gasteiger partial charge in [0, 0.05) is 73.0 Å². The molecule has 0 bridgehead atoms. The standard InChI is InChI=1S/C53H56N8O10/c1-5-33-35-22-32(9-10-40(35)56-46-38(33)26-60-43(46)24-36-39(49(60)64)27-70-51(66)47(36)69-4)71-53(68)59-16-6-7-42(59)50(65)58-18-13-29(14-19-58)12-17-57-20-15-30-21-31(8-11-41(30)57)61(52(55)67)48(54)37-23-34(28(2)3)44(62)25-45(37)63/h8-11,15,20-25,28-29,42,47,54,62-63H,5-7,12-14,16-19,26-27H2,1-4H3,(H2,55,67). The molecule has 5 N–H and O–H groups in total. The molecule has 4 aliphatic heterocycles. The number of likely N-dealkylation sites (tertiary alicyclic amines) is 2. The molecule has 71 heavy (non-hydrogen) atoms. The number of primary amides is 1. The molecule has 7 heterocycles. The number of aryl methyl sites for hydroxylation is 2. The van der Waals surface area contributed by atoms with Gasteiger partial charge in [-0.05, 0) is 116 Å². The Labute approximate surface area is 408 Å². The van der Waals surface area contributed by atoms with Crippen LogP contribution in [0.5, 0.6) is 17.2 Å². The van der Waals surface area contributed by atoms with Crippen molar-refractivity contribution in [3.8, 4) is 28.6 Å². The molecule has 2 unspecified atom stereocenters. The van der Waals surface area contributed by atoms with Crippen molar-refractivity contribution in [3.63, 3.8) is 0 Å². The minimum absolute atomic E-state index is 0.0669. The largest absolute Gasteiger partial charge is 0.508 e. The van der Waals surface area contributed by atoms with Crippen molar-refractivity contribution in [2.75, 3.05) is 31.6 Å². The Morgan fingerprint density at radius 1 is 0.972 bits per heavy atom.